The molecule has 2 aromatic rings. The number of nitrogens with zero attached hydrogens (tertiary/aromatic N) is 4. The number of carboxylic acid groups (broad SMARTS) is 1. The van der Waals surface area contributed by atoms with Crippen LogP contribution in [0.5, 0.6) is 0 Å². The number of pyridine rings is 1. The number of carbonyl (C=O) groups excluding carboxylic acids is 1. The maximum absolute atomic E-state index is 11.9. The number of carbonyl (C=O) groups is 2. The highest BCUT2D eigenvalue weighted by Crippen LogP contribution is 2.29. The molecule has 144 valence electrons. The highest BCUT2D eigenvalue weighted by molar-refractivity contribution is 5.96. The number of nitrogens with one attached hydrogen (secondary N) is 1. The Bertz CT molecular complexity index is 835. The Balaban J connectivity index is 1.78. The lowest BCUT2D eigenvalue weighted by Crippen LogP contribution is -2.30. The zero-order chi connectivity index (χ0) is 19.4. The number of anilines is 2. The first-order valence-corrected chi connectivity index (χ1v) is 8.82. The molecule has 0 aromatic carbocycles. The minimum atomic E-state index is -0.873. The molecule has 3 heterocycles. The molecule has 1 unspecified atom stereocenters. The molecule has 27 heavy (non-hydrogen) atoms. The minimum Gasteiger partial charge on any atom is -0.465 e. The van der Waals surface area contributed by atoms with Crippen LogP contribution in [0.2, 0.25) is 0 Å². The monoisotopic (exact) mass is 373 g/mol. The molecular weight excluding hydrogens is 350 g/mol. The van der Waals surface area contributed by atoms with Crippen LogP contribution in [0.4, 0.5) is 16.2 Å². The van der Waals surface area contributed by atoms with E-state index in [0.29, 0.717) is 30.8 Å². The van der Waals surface area contributed by atoms with Gasteiger partial charge in [-0.05, 0) is 32.3 Å². The number of hydrogen-bond acceptors (Lipinski definition) is 6. The average molecular weight is 373 g/mol. The lowest BCUT2D eigenvalue weighted by atomic mass is 10.1. The molecule has 0 spiro atoms. The summed E-state index contributed by atoms with van der Waals surface area (Å²) in [5.41, 5.74) is 2.63. The number of rotatable bonds is 4. The van der Waals surface area contributed by atoms with Gasteiger partial charge in [0, 0.05) is 19.3 Å². The summed E-state index contributed by atoms with van der Waals surface area (Å²) in [5.74, 6) is -0.442. The Morgan fingerprint density at radius 1 is 1.26 bits per heavy atom. The molecule has 2 aromatic heterocycles. The third kappa shape index (κ3) is 4.02. The number of hydrogen-bond donors (Lipinski definition) is 2. The Kier molecular flexibility index (Phi) is 5.58. The van der Waals surface area contributed by atoms with Gasteiger partial charge >= 0.3 is 12.1 Å². The molecule has 1 fully saturated rings. The first-order valence-electron chi connectivity index (χ1n) is 8.82. The fraction of sp³-hybridized carbons (Fsp3) is 0.444. The third-order valence-corrected chi connectivity index (χ3v) is 4.85. The molecule has 9 heteroatoms. The van der Waals surface area contributed by atoms with Crippen molar-refractivity contribution in [3.63, 3.8) is 0 Å². The maximum Gasteiger partial charge on any atom is 0.407 e. The average Bonchev–Trinajstić information content (AvgIpc) is 2.87. The lowest BCUT2D eigenvalue weighted by Gasteiger charge is -2.18. The molecule has 0 radical (unpaired) electrons. The van der Waals surface area contributed by atoms with E-state index in [0.717, 1.165) is 24.2 Å². The number of methoxy groups -OCH3 is 1. The van der Waals surface area contributed by atoms with Crippen LogP contribution in [0.1, 0.15) is 41.4 Å². The van der Waals surface area contributed by atoms with Crippen molar-refractivity contribution in [1.29, 1.82) is 0 Å². The van der Waals surface area contributed by atoms with Gasteiger partial charge < -0.3 is 20.1 Å². The van der Waals surface area contributed by atoms with Crippen LogP contribution >= 0.6 is 0 Å². The normalized spacial score (nSPS) is 17.3. The summed E-state index contributed by atoms with van der Waals surface area (Å²) >= 11 is 0. The van der Waals surface area contributed by atoms with Gasteiger partial charge in [-0.1, -0.05) is 0 Å². The fourth-order valence-electron chi connectivity index (χ4n) is 3.36. The molecule has 1 saturated heterocycles. The Hall–Kier alpha value is -3.10. The summed E-state index contributed by atoms with van der Waals surface area (Å²) in [6, 6.07) is 1.73. The van der Waals surface area contributed by atoms with Crippen LogP contribution in [0.15, 0.2) is 24.7 Å². The lowest BCUT2D eigenvalue weighted by molar-refractivity contribution is 0.0601. The first-order chi connectivity index (χ1) is 13.0. The van der Waals surface area contributed by atoms with Crippen molar-refractivity contribution in [1.82, 2.24) is 19.7 Å². The topological polar surface area (TPSA) is 110 Å². The van der Waals surface area contributed by atoms with Crippen LogP contribution in [0.3, 0.4) is 0 Å². The number of ether oxygens (including phenoxy) is 1. The minimum absolute atomic E-state index is 0.138. The standard InChI is InChI=1S/C18H23N5O4/c1-12-15(21-16-10-19-7-5-14(16)17(24)27-2)11-20-23(12)13-4-3-8-22(9-6-13)18(25)26/h5,7,10-11,13,21H,3-4,6,8-9H2,1-2H3,(H,25,26). The number of esters is 1. The summed E-state index contributed by atoms with van der Waals surface area (Å²) in [7, 11) is 1.34. The third-order valence-electron chi connectivity index (χ3n) is 4.85. The van der Waals surface area contributed by atoms with Gasteiger partial charge in [0.05, 0.1) is 48.2 Å². The van der Waals surface area contributed by atoms with Gasteiger partial charge in [-0.3, -0.25) is 9.67 Å². The summed E-state index contributed by atoms with van der Waals surface area (Å²) in [6.07, 6.45) is 6.33. The zero-order valence-electron chi connectivity index (χ0n) is 15.4. The maximum atomic E-state index is 11.9. The van der Waals surface area contributed by atoms with E-state index in [9.17, 15) is 14.7 Å². The summed E-state index contributed by atoms with van der Waals surface area (Å²) < 4.78 is 6.74. The molecule has 9 nitrogen and oxygen atoms in total. The Morgan fingerprint density at radius 3 is 2.81 bits per heavy atom. The molecule has 0 saturated carbocycles. The summed E-state index contributed by atoms with van der Waals surface area (Å²) in [5, 5.41) is 16.9. The van der Waals surface area contributed by atoms with Gasteiger partial charge in [0.25, 0.3) is 0 Å². The van der Waals surface area contributed by atoms with Crippen LogP contribution in [-0.2, 0) is 4.74 Å². The molecule has 2 N–H and O–H groups in total. The van der Waals surface area contributed by atoms with E-state index in [1.54, 1.807) is 18.5 Å². The van der Waals surface area contributed by atoms with E-state index >= 15 is 0 Å². The second-order valence-corrected chi connectivity index (χ2v) is 6.48. The van der Waals surface area contributed by atoms with Crippen LogP contribution in [0, 0.1) is 6.92 Å². The van der Waals surface area contributed by atoms with E-state index in [1.165, 1.54) is 18.2 Å². The van der Waals surface area contributed by atoms with Gasteiger partial charge in [-0.25, -0.2) is 9.59 Å². The second-order valence-electron chi connectivity index (χ2n) is 6.48. The van der Waals surface area contributed by atoms with E-state index in [2.05, 4.69) is 15.4 Å². The predicted molar refractivity (Wildman–Crippen MR) is 98.3 cm³/mol. The molecule has 3 rings (SSSR count). The first kappa shape index (κ1) is 18.7. The highest BCUT2D eigenvalue weighted by Gasteiger charge is 2.23. The number of amides is 1. The van der Waals surface area contributed by atoms with Crippen LogP contribution < -0.4 is 5.32 Å². The van der Waals surface area contributed by atoms with Crippen molar-refractivity contribution >= 4 is 23.4 Å². The molecule has 1 aliphatic rings. The predicted octanol–water partition coefficient (Wildman–Crippen LogP) is 2.82. The number of aromatic nitrogens is 3. The van der Waals surface area contributed by atoms with Crippen molar-refractivity contribution in [2.24, 2.45) is 0 Å². The quantitative estimate of drug-likeness (QED) is 0.793. The van der Waals surface area contributed by atoms with Gasteiger partial charge in [-0.15, -0.1) is 0 Å². The molecule has 1 aliphatic heterocycles. The van der Waals surface area contributed by atoms with Crippen LogP contribution in [0.25, 0.3) is 0 Å². The second kappa shape index (κ2) is 8.07. The van der Waals surface area contributed by atoms with Crippen molar-refractivity contribution in [3.05, 3.63) is 35.9 Å². The van der Waals surface area contributed by atoms with Crippen LogP contribution in [-0.4, -0.2) is 57.0 Å². The Labute approximate surface area is 156 Å². The fourth-order valence-corrected chi connectivity index (χ4v) is 3.36. The van der Waals surface area contributed by atoms with Gasteiger partial charge in [0.2, 0.25) is 0 Å². The van der Waals surface area contributed by atoms with Crippen molar-refractivity contribution in [2.45, 2.75) is 32.2 Å². The smallest absolute Gasteiger partial charge is 0.407 e. The molecule has 1 atom stereocenters. The van der Waals surface area contributed by atoms with E-state index in [4.69, 9.17) is 4.74 Å². The molecule has 0 bridgehead atoms. The van der Waals surface area contributed by atoms with E-state index < -0.39 is 12.1 Å². The number of likely N-dealkylation sites (tertiary alicyclic amines) is 1. The van der Waals surface area contributed by atoms with Gasteiger partial charge in [-0.2, -0.15) is 5.10 Å². The van der Waals surface area contributed by atoms with Gasteiger partial charge in [0.1, 0.15) is 0 Å². The highest BCUT2D eigenvalue weighted by atomic mass is 16.5. The summed E-state index contributed by atoms with van der Waals surface area (Å²) in [4.78, 5) is 28.6. The zero-order valence-corrected chi connectivity index (χ0v) is 15.4. The molecule has 0 aliphatic carbocycles. The van der Waals surface area contributed by atoms with Crippen molar-refractivity contribution in [2.75, 3.05) is 25.5 Å². The van der Waals surface area contributed by atoms with Crippen molar-refractivity contribution < 1.29 is 19.4 Å². The van der Waals surface area contributed by atoms with Crippen molar-refractivity contribution in [3.8, 4) is 0 Å². The van der Waals surface area contributed by atoms with E-state index in [1.807, 2.05) is 11.6 Å². The molecule has 1 amide bonds. The summed E-state index contributed by atoms with van der Waals surface area (Å²) in [6.45, 7) is 3.00. The largest absolute Gasteiger partial charge is 0.465 e. The SMILES string of the molecule is COC(=O)c1ccncc1Nc1cnn(C2CCCN(C(=O)O)CC2)c1C. The van der Waals surface area contributed by atoms with E-state index in [-0.39, 0.29) is 6.04 Å². The molecular formula is C18H23N5O4. The Morgan fingerprint density at radius 2 is 2.07 bits per heavy atom. The van der Waals surface area contributed by atoms with Gasteiger partial charge in [0.15, 0.2) is 0 Å².